The summed E-state index contributed by atoms with van der Waals surface area (Å²) < 4.78 is 12.3. The second-order valence-corrected chi connectivity index (χ2v) is 7.13. The Morgan fingerprint density at radius 3 is 2.46 bits per heavy atom. The van der Waals surface area contributed by atoms with Crippen molar-refractivity contribution >= 4 is 17.1 Å². The van der Waals surface area contributed by atoms with Crippen LogP contribution < -0.4 is 10.5 Å². The molecule has 0 saturated heterocycles. The maximum Gasteiger partial charge on any atom is 0.420 e. The zero-order valence-electron chi connectivity index (χ0n) is 15.0. The van der Waals surface area contributed by atoms with Gasteiger partial charge in [-0.05, 0) is 41.3 Å². The zero-order chi connectivity index (χ0) is 18.9. The highest BCUT2D eigenvalue weighted by atomic mass is 16.5. The molecule has 0 fully saturated rings. The number of carbonyl (C=O) groups is 1. The molecule has 2 aromatic carbocycles. The molecule has 6 nitrogen and oxygen atoms in total. The first-order chi connectivity index (χ1) is 12.3. The van der Waals surface area contributed by atoms with Crippen LogP contribution >= 0.6 is 0 Å². The van der Waals surface area contributed by atoms with Gasteiger partial charge in [0.2, 0.25) is 0 Å². The van der Waals surface area contributed by atoms with Crippen LogP contribution in [0.3, 0.4) is 0 Å². The number of oxazole rings is 1. The van der Waals surface area contributed by atoms with Crippen molar-refractivity contribution in [1.82, 2.24) is 4.57 Å². The molecule has 3 aromatic rings. The first kappa shape index (κ1) is 17.8. The Bertz CT molecular complexity index is 990. The molecule has 0 atom stereocenters. The van der Waals surface area contributed by atoms with Crippen LogP contribution in [0.1, 0.15) is 36.7 Å². The third-order valence-electron chi connectivity index (χ3n) is 4.22. The monoisotopic (exact) mass is 355 g/mol. The smallest absolute Gasteiger partial charge is 0.420 e. The van der Waals surface area contributed by atoms with Crippen LogP contribution in [-0.2, 0) is 12.0 Å². The Morgan fingerprint density at radius 1 is 1.15 bits per heavy atom. The van der Waals surface area contributed by atoms with Gasteiger partial charge in [0.15, 0.2) is 5.58 Å². The molecule has 136 valence electrons. The first-order valence-corrected chi connectivity index (χ1v) is 8.36. The van der Waals surface area contributed by atoms with Crippen LogP contribution in [0.4, 0.5) is 0 Å². The van der Waals surface area contributed by atoms with Gasteiger partial charge in [0, 0.05) is 0 Å². The van der Waals surface area contributed by atoms with Gasteiger partial charge in [-0.15, -0.1) is 0 Å². The van der Waals surface area contributed by atoms with Gasteiger partial charge in [-0.25, -0.2) is 9.59 Å². The lowest BCUT2D eigenvalue weighted by Crippen LogP contribution is -2.18. The van der Waals surface area contributed by atoms with E-state index in [-0.39, 0.29) is 16.6 Å². The first-order valence-electron chi connectivity index (χ1n) is 8.36. The van der Waals surface area contributed by atoms with Gasteiger partial charge >= 0.3 is 11.7 Å². The van der Waals surface area contributed by atoms with E-state index in [4.69, 9.17) is 14.3 Å². The molecule has 26 heavy (non-hydrogen) atoms. The predicted octanol–water partition coefficient (Wildman–Crippen LogP) is 3.67. The number of ether oxygens (including phenoxy) is 1. The summed E-state index contributed by atoms with van der Waals surface area (Å²) in [5.41, 5.74) is 2.18. The summed E-state index contributed by atoms with van der Waals surface area (Å²) in [5.74, 6) is -0.870. The van der Waals surface area contributed by atoms with Crippen LogP contribution in [0.15, 0.2) is 51.7 Å². The normalized spacial score (nSPS) is 11.7. The number of hydrogen-bond donors (Lipinski definition) is 1. The third-order valence-corrected chi connectivity index (χ3v) is 4.22. The maximum atomic E-state index is 12.0. The van der Waals surface area contributed by atoms with E-state index in [2.05, 4.69) is 20.8 Å². The Labute approximate surface area is 150 Å². The van der Waals surface area contributed by atoms with Crippen molar-refractivity contribution in [3.05, 3.63) is 64.1 Å². The highest BCUT2D eigenvalue weighted by Gasteiger charge is 2.14. The molecule has 0 saturated carbocycles. The molecule has 6 heteroatoms. The van der Waals surface area contributed by atoms with E-state index in [1.54, 1.807) is 6.07 Å². The Balaban J connectivity index is 1.71. The Morgan fingerprint density at radius 2 is 1.85 bits per heavy atom. The number of rotatable bonds is 5. The van der Waals surface area contributed by atoms with Gasteiger partial charge in [0.05, 0.1) is 17.6 Å². The topological polar surface area (TPSA) is 81.7 Å². The predicted molar refractivity (Wildman–Crippen MR) is 98.1 cm³/mol. The zero-order valence-corrected chi connectivity index (χ0v) is 15.0. The largest absolute Gasteiger partial charge is 0.492 e. The lowest BCUT2D eigenvalue weighted by atomic mass is 9.87. The molecule has 0 aliphatic rings. The fraction of sp³-hybridized carbons (Fsp3) is 0.300. The number of fused-ring (bicyclic) bond motifs is 1. The van der Waals surface area contributed by atoms with Crippen LogP contribution in [0, 0.1) is 0 Å². The summed E-state index contributed by atoms with van der Waals surface area (Å²) in [4.78, 5) is 23.0. The van der Waals surface area contributed by atoms with E-state index in [0.29, 0.717) is 18.7 Å². The van der Waals surface area contributed by atoms with Gasteiger partial charge in [0.1, 0.15) is 12.4 Å². The van der Waals surface area contributed by atoms with Crippen LogP contribution in [0.2, 0.25) is 0 Å². The molecule has 0 radical (unpaired) electrons. The van der Waals surface area contributed by atoms with Crippen molar-refractivity contribution in [1.29, 1.82) is 0 Å². The average molecular weight is 355 g/mol. The van der Waals surface area contributed by atoms with Gasteiger partial charge in [-0.3, -0.25) is 4.57 Å². The lowest BCUT2D eigenvalue weighted by Gasteiger charge is -2.19. The molecule has 1 heterocycles. The number of aromatic carboxylic acids is 1. The minimum absolute atomic E-state index is 0.0774. The maximum absolute atomic E-state index is 12.0. The number of aromatic nitrogens is 1. The summed E-state index contributed by atoms with van der Waals surface area (Å²) in [5, 5.41) is 9.01. The second-order valence-electron chi connectivity index (χ2n) is 7.13. The van der Waals surface area contributed by atoms with E-state index in [9.17, 15) is 9.59 Å². The SMILES string of the molecule is CC(C)(C)c1ccc(OCCn2c(=O)oc3cc(C(=O)O)ccc32)cc1. The minimum Gasteiger partial charge on any atom is -0.492 e. The molecule has 0 amide bonds. The molecule has 1 N–H and O–H groups in total. The Kier molecular flexibility index (Phi) is 4.59. The molecular weight excluding hydrogens is 334 g/mol. The summed E-state index contributed by atoms with van der Waals surface area (Å²) in [6.07, 6.45) is 0. The van der Waals surface area contributed by atoms with E-state index >= 15 is 0 Å². The Hall–Kier alpha value is -3.02. The average Bonchev–Trinajstić information content (AvgIpc) is 2.89. The van der Waals surface area contributed by atoms with E-state index < -0.39 is 11.7 Å². The highest BCUT2D eigenvalue weighted by Crippen LogP contribution is 2.24. The molecule has 0 aliphatic carbocycles. The number of hydrogen-bond acceptors (Lipinski definition) is 4. The van der Waals surface area contributed by atoms with Crippen molar-refractivity contribution in [3.63, 3.8) is 0 Å². The molecule has 0 aliphatic heterocycles. The van der Waals surface area contributed by atoms with E-state index in [1.807, 2.05) is 24.3 Å². The standard InChI is InChI=1S/C20H21NO5/c1-20(2,3)14-5-7-15(8-6-14)25-11-10-21-16-9-4-13(18(22)23)12-17(16)26-19(21)24/h4-9,12H,10-11H2,1-3H3,(H,22,23). The molecular formula is C20H21NO5. The number of benzene rings is 2. The van der Waals surface area contributed by atoms with E-state index in [1.165, 1.54) is 22.3 Å². The summed E-state index contributed by atoms with van der Waals surface area (Å²) in [6.45, 7) is 7.04. The fourth-order valence-corrected chi connectivity index (χ4v) is 2.72. The van der Waals surface area contributed by atoms with Crippen molar-refractivity contribution in [3.8, 4) is 5.75 Å². The summed E-state index contributed by atoms with van der Waals surface area (Å²) in [7, 11) is 0. The number of carboxylic acid groups (broad SMARTS) is 1. The molecule has 0 spiro atoms. The van der Waals surface area contributed by atoms with Gasteiger partial charge in [-0.2, -0.15) is 0 Å². The van der Waals surface area contributed by atoms with Crippen LogP contribution in [-0.4, -0.2) is 22.2 Å². The van der Waals surface area contributed by atoms with E-state index in [0.717, 1.165) is 5.75 Å². The molecule has 0 bridgehead atoms. The quantitative estimate of drug-likeness (QED) is 0.755. The number of carboxylic acids is 1. The molecule has 1 aromatic heterocycles. The van der Waals surface area contributed by atoms with Crippen molar-refractivity contribution in [2.24, 2.45) is 0 Å². The second kappa shape index (κ2) is 6.71. The molecule has 3 rings (SSSR count). The van der Waals surface area contributed by atoms with Gasteiger partial charge < -0.3 is 14.3 Å². The highest BCUT2D eigenvalue weighted by molar-refractivity contribution is 5.91. The molecule has 0 unspecified atom stereocenters. The van der Waals surface area contributed by atoms with Crippen LogP contribution in [0.25, 0.3) is 11.1 Å². The fourth-order valence-electron chi connectivity index (χ4n) is 2.72. The van der Waals surface area contributed by atoms with Crippen molar-refractivity contribution in [2.75, 3.05) is 6.61 Å². The minimum atomic E-state index is -1.07. The van der Waals surface area contributed by atoms with Crippen molar-refractivity contribution in [2.45, 2.75) is 32.7 Å². The van der Waals surface area contributed by atoms with Gasteiger partial charge in [-0.1, -0.05) is 32.9 Å². The number of nitrogens with zero attached hydrogens (tertiary/aromatic N) is 1. The third kappa shape index (κ3) is 3.64. The summed E-state index contributed by atoms with van der Waals surface area (Å²) in [6, 6.07) is 12.3. The lowest BCUT2D eigenvalue weighted by molar-refractivity contribution is 0.0697. The van der Waals surface area contributed by atoms with Crippen molar-refractivity contribution < 1.29 is 19.1 Å². The summed E-state index contributed by atoms with van der Waals surface area (Å²) >= 11 is 0. The van der Waals surface area contributed by atoms with Gasteiger partial charge in [0.25, 0.3) is 0 Å². The van der Waals surface area contributed by atoms with Crippen LogP contribution in [0.5, 0.6) is 5.75 Å².